The van der Waals surface area contributed by atoms with Gasteiger partial charge in [-0.25, -0.2) is 0 Å². The Labute approximate surface area is 92.3 Å². The maximum atomic E-state index is 3.55. The molecule has 0 heterocycles. The molecule has 1 nitrogen and oxygen atoms in total. The first-order valence-electron chi connectivity index (χ1n) is 4.74. The van der Waals surface area contributed by atoms with Crippen LogP contribution in [0, 0.1) is 0 Å². The van der Waals surface area contributed by atoms with Crippen LogP contribution in [0.3, 0.4) is 0 Å². The van der Waals surface area contributed by atoms with E-state index in [1.54, 1.807) is 0 Å². The number of rotatable bonds is 2. The molecule has 0 spiro atoms. The molecule has 0 amide bonds. The Hall–Kier alpha value is -1.02. The molecule has 2 heteroatoms. The molecular formula is C12H12BrN. The van der Waals surface area contributed by atoms with Crippen molar-refractivity contribution in [2.75, 3.05) is 11.9 Å². The molecule has 0 saturated heterocycles. The topological polar surface area (TPSA) is 12.0 Å². The Kier molecular flexibility index (Phi) is 2.73. The second kappa shape index (κ2) is 4.01. The lowest BCUT2D eigenvalue weighted by Crippen LogP contribution is -1.96. The smallest absolute Gasteiger partial charge is 0.0420 e. The highest BCUT2D eigenvalue weighted by molar-refractivity contribution is 9.10. The van der Waals surface area contributed by atoms with E-state index in [2.05, 4.69) is 64.6 Å². The van der Waals surface area contributed by atoms with Crippen LogP contribution in [0.1, 0.15) is 6.92 Å². The van der Waals surface area contributed by atoms with E-state index in [9.17, 15) is 0 Å². The van der Waals surface area contributed by atoms with E-state index < -0.39 is 0 Å². The molecule has 0 aliphatic heterocycles. The molecular weight excluding hydrogens is 238 g/mol. The lowest BCUT2D eigenvalue weighted by molar-refractivity contribution is 1.22. The van der Waals surface area contributed by atoms with Crippen LogP contribution in [0.2, 0.25) is 0 Å². The molecule has 0 aromatic heterocycles. The van der Waals surface area contributed by atoms with E-state index in [0.29, 0.717) is 0 Å². The summed E-state index contributed by atoms with van der Waals surface area (Å²) in [5.41, 5.74) is 1.20. The fourth-order valence-corrected chi connectivity index (χ4v) is 2.08. The lowest BCUT2D eigenvalue weighted by Gasteiger charge is -2.08. The molecule has 0 aliphatic rings. The second-order valence-electron chi connectivity index (χ2n) is 3.17. The number of hydrogen-bond acceptors (Lipinski definition) is 1. The van der Waals surface area contributed by atoms with Crippen molar-refractivity contribution in [2.45, 2.75) is 6.92 Å². The van der Waals surface area contributed by atoms with Crippen molar-refractivity contribution >= 4 is 32.4 Å². The van der Waals surface area contributed by atoms with Gasteiger partial charge in [0.05, 0.1) is 0 Å². The third-order valence-electron chi connectivity index (χ3n) is 2.24. The van der Waals surface area contributed by atoms with Gasteiger partial charge in [0, 0.05) is 22.1 Å². The first-order chi connectivity index (χ1) is 6.83. The molecule has 1 N–H and O–H groups in total. The Morgan fingerprint density at radius 2 is 1.79 bits per heavy atom. The average molecular weight is 250 g/mol. The van der Waals surface area contributed by atoms with E-state index in [1.807, 2.05) is 0 Å². The Balaban J connectivity index is 2.68. The molecule has 72 valence electrons. The molecule has 0 atom stereocenters. The fraction of sp³-hybridized carbons (Fsp3) is 0.167. The maximum absolute atomic E-state index is 3.55. The van der Waals surface area contributed by atoms with Gasteiger partial charge in [-0.15, -0.1) is 0 Å². The van der Waals surface area contributed by atoms with Gasteiger partial charge < -0.3 is 5.32 Å². The van der Waals surface area contributed by atoms with E-state index in [4.69, 9.17) is 0 Å². The van der Waals surface area contributed by atoms with Crippen molar-refractivity contribution in [2.24, 2.45) is 0 Å². The highest BCUT2D eigenvalue weighted by atomic mass is 79.9. The minimum Gasteiger partial charge on any atom is -0.385 e. The van der Waals surface area contributed by atoms with Crippen LogP contribution >= 0.6 is 15.9 Å². The van der Waals surface area contributed by atoms with Gasteiger partial charge in [0.1, 0.15) is 0 Å². The van der Waals surface area contributed by atoms with Crippen molar-refractivity contribution in [1.29, 1.82) is 0 Å². The minimum absolute atomic E-state index is 0.950. The van der Waals surface area contributed by atoms with E-state index in [0.717, 1.165) is 11.0 Å². The maximum Gasteiger partial charge on any atom is 0.0420 e. The lowest BCUT2D eigenvalue weighted by atomic mass is 10.1. The average Bonchev–Trinajstić information content (AvgIpc) is 2.23. The molecule has 0 bridgehead atoms. The summed E-state index contributed by atoms with van der Waals surface area (Å²) in [6.07, 6.45) is 0. The largest absolute Gasteiger partial charge is 0.385 e. The van der Waals surface area contributed by atoms with Gasteiger partial charge in [-0.2, -0.15) is 0 Å². The SMILES string of the molecule is CCNc1ccc(Br)c2ccccc12. The molecule has 0 saturated carbocycles. The van der Waals surface area contributed by atoms with Gasteiger partial charge in [-0.1, -0.05) is 40.2 Å². The summed E-state index contributed by atoms with van der Waals surface area (Å²) in [6, 6.07) is 12.6. The summed E-state index contributed by atoms with van der Waals surface area (Å²) in [5.74, 6) is 0. The van der Waals surface area contributed by atoms with Gasteiger partial charge in [0.15, 0.2) is 0 Å². The van der Waals surface area contributed by atoms with Gasteiger partial charge >= 0.3 is 0 Å². The van der Waals surface area contributed by atoms with Crippen LogP contribution in [-0.2, 0) is 0 Å². The third-order valence-corrected chi connectivity index (χ3v) is 2.93. The molecule has 0 radical (unpaired) electrons. The van der Waals surface area contributed by atoms with Crippen LogP contribution in [0.25, 0.3) is 10.8 Å². The Morgan fingerprint density at radius 1 is 1.07 bits per heavy atom. The predicted octanol–water partition coefficient (Wildman–Crippen LogP) is 4.03. The molecule has 14 heavy (non-hydrogen) atoms. The number of halogens is 1. The summed E-state index contributed by atoms with van der Waals surface area (Å²) in [7, 11) is 0. The number of benzene rings is 2. The zero-order valence-corrected chi connectivity index (χ0v) is 9.64. The Bertz CT molecular complexity index is 451. The molecule has 2 aromatic carbocycles. The van der Waals surface area contributed by atoms with Crippen molar-refractivity contribution in [3.8, 4) is 0 Å². The highest BCUT2D eigenvalue weighted by Crippen LogP contribution is 2.29. The van der Waals surface area contributed by atoms with Gasteiger partial charge in [0.25, 0.3) is 0 Å². The van der Waals surface area contributed by atoms with Crippen LogP contribution in [0.15, 0.2) is 40.9 Å². The number of anilines is 1. The quantitative estimate of drug-likeness (QED) is 0.848. The van der Waals surface area contributed by atoms with Crippen molar-refractivity contribution in [3.63, 3.8) is 0 Å². The molecule has 2 rings (SSSR count). The zero-order chi connectivity index (χ0) is 9.97. The number of nitrogens with one attached hydrogen (secondary N) is 1. The normalized spacial score (nSPS) is 10.4. The second-order valence-corrected chi connectivity index (χ2v) is 4.03. The predicted molar refractivity (Wildman–Crippen MR) is 65.8 cm³/mol. The summed E-state index contributed by atoms with van der Waals surface area (Å²) < 4.78 is 1.15. The van der Waals surface area contributed by atoms with Crippen LogP contribution < -0.4 is 5.32 Å². The summed E-state index contributed by atoms with van der Waals surface area (Å²) in [6.45, 7) is 3.06. The molecule has 0 aliphatic carbocycles. The fourth-order valence-electron chi connectivity index (χ4n) is 1.61. The summed E-state index contributed by atoms with van der Waals surface area (Å²) >= 11 is 3.55. The zero-order valence-electron chi connectivity index (χ0n) is 8.05. The first kappa shape index (κ1) is 9.53. The van der Waals surface area contributed by atoms with Gasteiger partial charge in [-0.3, -0.25) is 0 Å². The minimum atomic E-state index is 0.950. The standard InChI is InChI=1S/C12H12BrN/c1-2-14-12-8-7-11(13)9-5-3-4-6-10(9)12/h3-8,14H,2H2,1H3. The van der Waals surface area contributed by atoms with Crippen molar-refractivity contribution in [1.82, 2.24) is 0 Å². The van der Waals surface area contributed by atoms with E-state index in [-0.39, 0.29) is 0 Å². The van der Waals surface area contributed by atoms with Crippen molar-refractivity contribution < 1.29 is 0 Å². The van der Waals surface area contributed by atoms with Crippen molar-refractivity contribution in [3.05, 3.63) is 40.9 Å². The molecule has 0 fully saturated rings. The van der Waals surface area contributed by atoms with E-state index >= 15 is 0 Å². The number of fused-ring (bicyclic) bond motifs is 1. The summed E-state index contributed by atoms with van der Waals surface area (Å²) in [4.78, 5) is 0. The third kappa shape index (κ3) is 1.62. The molecule has 0 unspecified atom stereocenters. The van der Waals surface area contributed by atoms with Gasteiger partial charge in [0.2, 0.25) is 0 Å². The monoisotopic (exact) mass is 249 g/mol. The van der Waals surface area contributed by atoms with Gasteiger partial charge in [-0.05, 0) is 24.4 Å². The highest BCUT2D eigenvalue weighted by Gasteiger charge is 2.01. The molecule has 2 aromatic rings. The van der Waals surface area contributed by atoms with E-state index in [1.165, 1.54) is 16.5 Å². The number of hydrogen-bond donors (Lipinski definition) is 1. The summed E-state index contributed by atoms with van der Waals surface area (Å²) in [5, 5.41) is 5.88. The van der Waals surface area contributed by atoms with Crippen LogP contribution in [0.5, 0.6) is 0 Å². The van der Waals surface area contributed by atoms with Crippen LogP contribution in [0.4, 0.5) is 5.69 Å². The Morgan fingerprint density at radius 3 is 2.50 bits per heavy atom. The van der Waals surface area contributed by atoms with Crippen LogP contribution in [-0.4, -0.2) is 6.54 Å². The first-order valence-corrected chi connectivity index (χ1v) is 5.53.